The highest BCUT2D eigenvalue weighted by atomic mass is 16.6. The van der Waals surface area contributed by atoms with Crippen molar-refractivity contribution >= 4 is 17.1 Å². The van der Waals surface area contributed by atoms with Crippen LogP contribution in [0.3, 0.4) is 0 Å². The topological polar surface area (TPSA) is 44.1 Å². The van der Waals surface area contributed by atoms with Crippen molar-refractivity contribution in [2.75, 3.05) is 0 Å². The van der Waals surface area contributed by atoms with Crippen LogP contribution in [0.1, 0.15) is 31.9 Å². The van der Waals surface area contributed by atoms with Crippen molar-refractivity contribution in [1.29, 1.82) is 0 Å². The first-order valence-electron chi connectivity index (χ1n) is 5.96. The zero-order valence-electron chi connectivity index (χ0n) is 11.4. The van der Waals surface area contributed by atoms with Crippen molar-refractivity contribution in [2.24, 2.45) is 0 Å². The predicted octanol–water partition coefficient (Wildman–Crippen LogP) is 3.44. The Balaban J connectivity index is 2.55. The maximum atomic E-state index is 12.2. The van der Waals surface area contributed by atoms with Crippen LogP contribution in [0.4, 0.5) is 4.79 Å². The highest BCUT2D eigenvalue weighted by Crippen LogP contribution is 2.22. The monoisotopic (exact) mass is 246 g/mol. The Hall–Kier alpha value is -1.84. The first-order chi connectivity index (χ1) is 8.29. The number of aromatic nitrogens is 2. The standard InChI is InChI=1S/C14H18N2O2/c1-9-6-7-15-11-10(2)8-16(12(9)11)13(17)18-14(3,4)5/h6-8H,1-5H3. The summed E-state index contributed by atoms with van der Waals surface area (Å²) >= 11 is 0. The third kappa shape index (κ3) is 2.23. The molecule has 2 heterocycles. The van der Waals surface area contributed by atoms with Crippen LogP contribution >= 0.6 is 0 Å². The highest BCUT2D eigenvalue weighted by Gasteiger charge is 2.21. The second-order valence-electron chi connectivity index (χ2n) is 5.49. The molecule has 4 heteroatoms. The molecule has 96 valence electrons. The minimum atomic E-state index is -0.502. The molecule has 0 spiro atoms. The van der Waals surface area contributed by atoms with E-state index in [1.54, 1.807) is 12.4 Å². The average Bonchev–Trinajstić information content (AvgIpc) is 2.56. The van der Waals surface area contributed by atoms with Gasteiger partial charge in [0.1, 0.15) is 5.60 Å². The van der Waals surface area contributed by atoms with Crippen LogP contribution in [0.2, 0.25) is 0 Å². The van der Waals surface area contributed by atoms with Crippen molar-refractivity contribution in [2.45, 2.75) is 40.2 Å². The number of pyridine rings is 1. The largest absolute Gasteiger partial charge is 0.443 e. The van der Waals surface area contributed by atoms with Gasteiger partial charge in [-0.15, -0.1) is 0 Å². The van der Waals surface area contributed by atoms with Gasteiger partial charge in [-0.05, 0) is 51.8 Å². The molecular formula is C14H18N2O2. The summed E-state index contributed by atoms with van der Waals surface area (Å²) in [5, 5.41) is 0. The number of hydrogen-bond acceptors (Lipinski definition) is 3. The summed E-state index contributed by atoms with van der Waals surface area (Å²) in [5.41, 5.74) is 3.15. The molecule has 0 bridgehead atoms. The van der Waals surface area contributed by atoms with Crippen LogP contribution in [0, 0.1) is 13.8 Å². The number of fused-ring (bicyclic) bond motifs is 1. The molecule has 0 radical (unpaired) electrons. The summed E-state index contributed by atoms with van der Waals surface area (Å²) < 4.78 is 6.94. The Kier molecular flexibility index (Phi) is 2.89. The third-order valence-electron chi connectivity index (χ3n) is 2.65. The molecular weight excluding hydrogens is 228 g/mol. The summed E-state index contributed by atoms with van der Waals surface area (Å²) in [4.78, 5) is 16.5. The van der Waals surface area contributed by atoms with E-state index < -0.39 is 5.60 Å². The smallest absolute Gasteiger partial charge is 0.419 e. The van der Waals surface area contributed by atoms with Crippen LogP contribution in [-0.2, 0) is 4.74 Å². The Morgan fingerprint density at radius 3 is 2.56 bits per heavy atom. The van der Waals surface area contributed by atoms with Gasteiger partial charge in [0.25, 0.3) is 0 Å². The van der Waals surface area contributed by atoms with Gasteiger partial charge in [-0.3, -0.25) is 9.55 Å². The first-order valence-corrected chi connectivity index (χ1v) is 5.96. The normalized spacial score (nSPS) is 11.8. The molecule has 2 aromatic rings. The lowest BCUT2D eigenvalue weighted by molar-refractivity contribution is 0.0544. The molecule has 0 aliphatic heterocycles. The van der Waals surface area contributed by atoms with E-state index in [1.807, 2.05) is 40.7 Å². The highest BCUT2D eigenvalue weighted by molar-refractivity contribution is 5.91. The maximum absolute atomic E-state index is 12.2. The van der Waals surface area contributed by atoms with Gasteiger partial charge < -0.3 is 4.74 Å². The predicted molar refractivity (Wildman–Crippen MR) is 70.8 cm³/mol. The number of rotatable bonds is 0. The lowest BCUT2D eigenvalue weighted by Crippen LogP contribution is -2.26. The molecule has 0 aliphatic rings. The van der Waals surface area contributed by atoms with Gasteiger partial charge in [0.2, 0.25) is 0 Å². The fourth-order valence-corrected chi connectivity index (χ4v) is 1.92. The molecule has 0 atom stereocenters. The Bertz CT molecular complexity index is 606. The molecule has 4 nitrogen and oxygen atoms in total. The molecule has 0 amide bonds. The van der Waals surface area contributed by atoms with Gasteiger partial charge in [-0.2, -0.15) is 0 Å². The quantitative estimate of drug-likeness (QED) is 0.715. The van der Waals surface area contributed by atoms with Crippen molar-refractivity contribution in [3.63, 3.8) is 0 Å². The van der Waals surface area contributed by atoms with E-state index in [1.165, 1.54) is 4.57 Å². The molecule has 0 unspecified atom stereocenters. The van der Waals surface area contributed by atoms with E-state index in [-0.39, 0.29) is 6.09 Å². The number of carbonyl (C=O) groups excluding carboxylic acids is 1. The summed E-state index contributed by atoms with van der Waals surface area (Å²) in [6.07, 6.45) is 3.17. The number of ether oxygens (including phenoxy) is 1. The second-order valence-corrected chi connectivity index (χ2v) is 5.49. The molecule has 0 fully saturated rings. The molecule has 2 aromatic heterocycles. The Labute approximate surface area is 107 Å². The van der Waals surface area contributed by atoms with Crippen molar-refractivity contribution in [3.05, 3.63) is 29.6 Å². The Morgan fingerprint density at radius 2 is 1.94 bits per heavy atom. The fraction of sp³-hybridized carbons (Fsp3) is 0.429. The van der Waals surface area contributed by atoms with Crippen LogP contribution in [0.15, 0.2) is 18.5 Å². The molecule has 0 saturated heterocycles. The molecule has 0 aliphatic carbocycles. The van der Waals surface area contributed by atoms with E-state index >= 15 is 0 Å². The maximum Gasteiger partial charge on any atom is 0.419 e. The minimum absolute atomic E-state index is 0.364. The number of nitrogens with zero attached hydrogens (tertiary/aromatic N) is 2. The van der Waals surface area contributed by atoms with Gasteiger partial charge in [-0.1, -0.05) is 0 Å². The molecule has 0 saturated carbocycles. The van der Waals surface area contributed by atoms with Crippen LogP contribution in [-0.4, -0.2) is 21.2 Å². The molecule has 0 N–H and O–H groups in total. The third-order valence-corrected chi connectivity index (χ3v) is 2.65. The zero-order valence-corrected chi connectivity index (χ0v) is 11.4. The van der Waals surface area contributed by atoms with E-state index in [0.717, 1.165) is 22.2 Å². The lowest BCUT2D eigenvalue weighted by Gasteiger charge is -2.20. The molecule has 2 rings (SSSR count). The number of carbonyl (C=O) groups is 1. The summed E-state index contributed by atoms with van der Waals surface area (Å²) in [6.45, 7) is 9.47. The van der Waals surface area contributed by atoms with E-state index in [9.17, 15) is 4.79 Å². The van der Waals surface area contributed by atoms with Crippen molar-refractivity contribution < 1.29 is 9.53 Å². The van der Waals surface area contributed by atoms with Gasteiger partial charge in [0.05, 0.1) is 11.0 Å². The Morgan fingerprint density at radius 1 is 1.28 bits per heavy atom. The summed E-state index contributed by atoms with van der Waals surface area (Å²) in [7, 11) is 0. The minimum Gasteiger partial charge on any atom is -0.443 e. The van der Waals surface area contributed by atoms with Gasteiger partial charge in [0.15, 0.2) is 0 Å². The second kappa shape index (κ2) is 4.12. The first kappa shape index (κ1) is 12.6. The fourth-order valence-electron chi connectivity index (χ4n) is 1.92. The van der Waals surface area contributed by atoms with Crippen LogP contribution in [0.5, 0.6) is 0 Å². The zero-order chi connectivity index (χ0) is 13.5. The summed E-state index contributed by atoms with van der Waals surface area (Å²) in [5.74, 6) is 0. The molecule has 0 aromatic carbocycles. The average molecular weight is 246 g/mol. The summed E-state index contributed by atoms with van der Waals surface area (Å²) in [6, 6.07) is 1.89. The van der Waals surface area contributed by atoms with Gasteiger partial charge >= 0.3 is 6.09 Å². The number of hydrogen-bond donors (Lipinski definition) is 0. The van der Waals surface area contributed by atoms with Crippen molar-refractivity contribution in [3.8, 4) is 0 Å². The van der Waals surface area contributed by atoms with E-state index in [0.29, 0.717) is 0 Å². The van der Waals surface area contributed by atoms with E-state index in [2.05, 4.69) is 4.98 Å². The van der Waals surface area contributed by atoms with Gasteiger partial charge in [0, 0.05) is 12.4 Å². The lowest BCUT2D eigenvalue weighted by atomic mass is 10.2. The van der Waals surface area contributed by atoms with Gasteiger partial charge in [-0.25, -0.2) is 4.79 Å². The van der Waals surface area contributed by atoms with Crippen LogP contribution < -0.4 is 0 Å². The van der Waals surface area contributed by atoms with Crippen molar-refractivity contribution in [1.82, 2.24) is 9.55 Å². The van der Waals surface area contributed by atoms with E-state index in [4.69, 9.17) is 4.74 Å². The number of aryl methyl sites for hydroxylation is 2. The van der Waals surface area contributed by atoms with Crippen LogP contribution in [0.25, 0.3) is 11.0 Å². The SMILES string of the molecule is Cc1cn(C(=O)OC(C)(C)C)c2c(C)ccnc12. The molecule has 18 heavy (non-hydrogen) atoms.